The van der Waals surface area contributed by atoms with Gasteiger partial charge in [-0.3, -0.25) is 32.5 Å². The number of nitrogen functional groups attached to an aromatic ring is 1. The topological polar surface area (TPSA) is 445 Å². The molecule has 0 spiro atoms. The van der Waals surface area contributed by atoms with E-state index in [-0.39, 0.29) is 65.1 Å². The molecular weight excluding hydrogens is 1140 g/mol. The number of aromatic nitrogens is 4. The Balaban J connectivity index is 0.775. The number of aliphatic hydroxyl groups is 6. The third kappa shape index (κ3) is 14.2. The number of thioether (sulfide) groups is 1. The van der Waals surface area contributed by atoms with Crippen LogP contribution in [0, 0.1) is 51.8 Å². The minimum absolute atomic E-state index is 0.0207. The molecule has 454 valence electrons. The van der Waals surface area contributed by atoms with E-state index in [9.17, 15) is 78.3 Å². The van der Waals surface area contributed by atoms with Crippen LogP contribution in [0.2, 0.25) is 0 Å². The van der Waals surface area contributed by atoms with Gasteiger partial charge in [-0.15, -0.1) is 0 Å². The van der Waals surface area contributed by atoms with Gasteiger partial charge in [0.05, 0.1) is 49.4 Å². The van der Waals surface area contributed by atoms with E-state index < -0.39 is 120 Å². The highest BCUT2D eigenvalue weighted by Gasteiger charge is 2.67. The number of imidazole rings is 1. The number of phosphoric ester groups is 3. The molecule has 7 rings (SSSR count). The third-order valence-corrected chi connectivity index (χ3v) is 22.4. The van der Waals surface area contributed by atoms with Crippen molar-refractivity contribution in [2.45, 2.75) is 167 Å². The lowest BCUT2D eigenvalue weighted by molar-refractivity contribution is -0.264. The fourth-order valence-electron chi connectivity index (χ4n) is 13.7. The van der Waals surface area contributed by atoms with Crippen LogP contribution < -0.4 is 16.4 Å². The molecular formula is C48H80N7O21P3S. The zero-order valence-corrected chi connectivity index (χ0v) is 49.1. The molecule has 2 unspecified atom stereocenters. The average Bonchev–Trinajstić information content (AvgIpc) is 4.19. The smallest absolute Gasteiger partial charge is 0.393 e. The molecule has 28 nitrogen and oxygen atoms in total. The fraction of sp³-hybridized carbons (Fsp3) is 0.833. The van der Waals surface area contributed by atoms with Gasteiger partial charge in [-0.2, -0.15) is 4.31 Å². The number of nitrogens with two attached hydrogens (primary N) is 1. The van der Waals surface area contributed by atoms with Crippen LogP contribution in [0.4, 0.5) is 5.82 Å². The minimum Gasteiger partial charge on any atom is -0.393 e. The Labute approximate surface area is 467 Å². The summed E-state index contributed by atoms with van der Waals surface area (Å²) in [6.07, 6.45) is -2.07. The molecule has 0 aromatic carbocycles. The third-order valence-electron chi connectivity index (χ3n) is 18.2. The molecule has 19 atom stereocenters. The molecule has 2 aromatic heterocycles. The van der Waals surface area contributed by atoms with Gasteiger partial charge in [-0.1, -0.05) is 53.3 Å². The second-order valence-corrected chi connectivity index (χ2v) is 29.1. The normalized spacial score (nSPS) is 34.7. The van der Waals surface area contributed by atoms with Gasteiger partial charge < -0.3 is 71.3 Å². The SMILES string of the molecule is C[C@H](CC[C@@H](O)[C@@H](C)C(=O)SCCNC(=O)CCNC(=O)[C@H](O)C(C)(C)COP(=O)(O)OP(=O)(O)OC[C@H]1O[C@@H](n2cnc3c(N)ncnc32)[C@H](O)[C@@H]1OP(=O)(O)O)[C@H]1CC[C@H]2[C@@H]3C[C@@H](O)[C@@]4(O)C[C@@H](O)CC[C@]4(C)[C@H]3CC[C@]12C. The standard InChI is InChI=1S/C48H80N7O21P3S/c1-25(29-8-9-30-28-19-34(58)48(64)20-27(56)11-15-47(48,6)31(28)12-14-46(29,30)5)7-10-32(57)26(2)44(63)80-18-17-50-35(59)13-16-51-42(62)39(61)45(3,4)22-73-79(70,71)76-78(68,69)72-21-33-38(75-77(65,66)67)37(60)43(74-33)55-24-54-36-40(49)52-23-53-41(36)55/h23-34,37-39,43,56-58,60-61,64H,7-22H2,1-6H3,(H,50,59)(H,51,62)(H,68,69)(H,70,71)(H2,49,52,53)(H2,65,66,67)/t25-,26-,27+,28+,29-,30+,31+,32-,33-,34-,37-,38-,39+,43-,46-,47-,48+/m1/s1. The van der Waals surface area contributed by atoms with Gasteiger partial charge in [0.2, 0.25) is 11.8 Å². The number of phosphoric acid groups is 3. The second-order valence-electron chi connectivity index (χ2n) is 23.7. The first-order valence-corrected chi connectivity index (χ1v) is 32.5. The minimum atomic E-state index is -5.61. The van der Waals surface area contributed by atoms with E-state index in [0.717, 1.165) is 61.1 Å². The lowest BCUT2D eigenvalue weighted by Gasteiger charge is -2.65. The van der Waals surface area contributed by atoms with Crippen LogP contribution in [-0.2, 0) is 50.7 Å². The van der Waals surface area contributed by atoms with E-state index in [1.54, 1.807) is 6.92 Å². The Hall–Kier alpha value is -2.60. The van der Waals surface area contributed by atoms with E-state index in [4.69, 9.17) is 19.5 Å². The van der Waals surface area contributed by atoms with Crippen molar-refractivity contribution in [3.05, 3.63) is 12.7 Å². The van der Waals surface area contributed by atoms with E-state index >= 15 is 0 Å². The summed E-state index contributed by atoms with van der Waals surface area (Å²) in [6, 6.07) is 0. The molecule has 2 amide bonds. The highest BCUT2D eigenvalue weighted by Crippen LogP contribution is 2.69. The molecule has 14 N–H and O–H groups in total. The van der Waals surface area contributed by atoms with Crippen LogP contribution in [-0.4, -0.2) is 167 Å². The molecule has 0 bridgehead atoms. The largest absolute Gasteiger partial charge is 0.481 e. The summed E-state index contributed by atoms with van der Waals surface area (Å²) in [5.41, 5.74) is 2.56. The number of fused-ring (bicyclic) bond motifs is 6. The van der Waals surface area contributed by atoms with Crippen LogP contribution in [0.25, 0.3) is 11.2 Å². The number of carbonyl (C=O) groups excluding carboxylic acids is 3. The Kier molecular flexibility index (Phi) is 20.4. The van der Waals surface area contributed by atoms with Gasteiger partial charge in [0.1, 0.15) is 36.3 Å². The van der Waals surface area contributed by atoms with E-state index in [1.807, 2.05) is 0 Å². The first-order valence-electron chi connectivity index (χ1n) is 27.0. The fourth-order valence-corrected chi connectivity index (χ4v) is 17.3. The first-order chi connectivity index (χ1) is 37.1. The molecule has 80 heavy (non-hydrogen) atoms. The summed E-state index contributed by atoms with van der Waals surface area (Å²) in [6.45, 7) is 8.72. The number of hydrogen-bond donors (Lipinski definition) is 13. The highest BCUT2D eigenvalue weighted by atomic mass is 32.2. The molecule has 1 aliphatic heterocycles. The quantitative estimate of drug-likeness (QED) is 0.0500. The zero-order chi connectivity index (χ0) is 59.1. The molecule has 1 saturated heterocycles. The van der Waals surface area contributed by atoms with E-state index in [1.165, 1.54) is 13.8 Å². The average molecular weight is 1220 g/mol. The van der Waals surface area contributed by atoms with Gasteiger partial charge in [-0.05, 0) is 92.8 Å². The van der Waals surface area contributed by atoms with Gasteiger partial charge in [0.15, 0.2) is 22.8 Å². The molecule has 32 heteroatoms. The van der Waals surface area contributed by atoms with Crippen molar-refractivity contribution < 1.29 is 101 Å². The van der Waals surface area contributed by atoms with Crippen molar-refractivity contribution in [1.29, 1.82) is 0 Å². The predicted octanol–water partition coefficient (Wildman–Crippen LogP) is 2.18. The van der Waals surface area contributed by atoms with Crippen LogP contribution in [0.5, 0.6) is 0 Å². The van der Waals surface area contributed by atoms with Crippen molar-refractivity contribution >= 4 is 69.1 Å². The summed E-state index contributed by atoms with van der Waals surface area (Å²) >= 11 is 0.986. The summed E-state index contributed by atoms with van der Waals surface area (Å²) in [5, 5.41) is 71.3. The van der Waals surface area contributed by atoms with Crippen LogP contribution in [0.3, 0.4) is 0 Å². The predicted molar refractivity (Wildman–Crippen MR) is 285 cm³/mol. The van der Waals surface area contributed by atoms with Crippen LogP contribution in [0.1, 0.15) is 118 Å². The van der Waals surface area contributed by atoms with Crippen LogP contribution in [0.15, 0.2) is 12.7 Å². The Morgan fingerprint density at radius 3 is 2.34 bits per heavy atom. The van der Waals surface area contributed by atoms with Gasteiger partial charge in [-0.25, -0.2) is 28.6 Å². The number of hydrogen-bond acceptors (Lipinski definition) is 22. The Bertz CT molecular complexity index is 2690. The molecule has 5 aliphatic rings. The number of anilines is 1. The lowest BCUT2D eigenvalue weighted by atomic mass is 9.42. The van der Waals surface area contributed by atoms with Crippen LogP contribution >= 0.6 is 35.2 Å². The lowest BCUT2D eigenvalue weighted by Crippen LogP contribution is -2.68. The summed E-state index contributed by atoms with van der Waals surface area (Å²) < 4.78 is 62.8. The summed E-state index contributed by atoms with van der Waals surface area (Å²) in [5.74, 6) is -0.276. The van der Waals surface area contributed by atoms with Crippen molar-refractivity contribution in [2.75, 3.05) is 37.8 Å². The maximum atomic E-state index is 13.1. The molecule has 4 aliphatic carbocycles. The van der Waals surface area contributed by atoms with Gasteiger partial charge in [0.25, 0.3) is 0 Å². The number of ether oxygens (including phenoxy) is 1. The molecule has 4 saturated carbocycles. The Morgan fingerprint density at radius 1 is 0.938 bits per heavy atom. The maximum absolute atomic E-state index is 13.1. The van der Waals surface area contributed by atoms with Gasteiger partial charge in [0, 0.05) is 42.5 Å². The van der Waals surface area contributed by atoms with Crippen molar-refractivity contribution in [3.63, 3.8) is 0 Å². The highest BCUT2D eigenvalue weighted by molar-refractivity contribution is 8.13. The number of aliphatic hydroxyl groups excluding tert-OH is 5. The summed E-state index contributed by atoms with van der Waals surface area (Å²) in [7, 11) is -16.5. The maximum Gasteiger partial charge on any atom is 0.481 e. The number of nitrogens with zero attached hydrogens (tertiary/aromatic N) is 4. The van der Waals surface area contributed by atoms with E-state index in [0.29, 0.717) is 49.4 Å². The zero-order valence-electron chi connectivity index (χ0n) is 45.6. The monoisotopic (exact) mass is 1220 g/mol. The molecule has 5 fully saturated rings. The molecule has 2 aromatic rings. The summed E-state index contributed by atoms with van der Waals surface area (Å²) in [4.78, 5) is 89.9. The van der Waals surface area contributed by atoms with Crippen molar-refractivity contribution in [3.8, 4) is 0 Å². The first kappa shape index (κ1) is 65.0. The van der Waals surface area contributed by atoms with Crippen molar-refractivity contribution in [1.82, 2.24) is 30.2 Å². The molecule has 3 heterocycles. The van der Waals surface area contributed by atoms with Crippen molar-refractivity contribution in [2.24, 2.45) is 51.8 Å². The van der Waals surface area contributed by atoms with Gasteiger partial charge >= 0.3 is 23.5 Å². The molecule has 0 radical (unpaired) electrons. The van der Waals surface area contributed by atoms with E-state index in [2.05, 4.69) is 55.2 Å². The Morgan fingerprint density at radius 2 is 1.64 bits per heavy atom. The number of amides is 2. The second kappa shape index (κ2) is 25.2. The number of carbonyl (C=O) groups is 3. The number of rotatable bonds is 25. The number of nitrogens with one attached hydrogen (secondary N) is 2.